The molecule has 0 bridgehead atoms. The first kappa shape index (κ1) is 29.6. The summed E-state index contributed by atoms with van der Waals surface area (Å²) in [4.78, 5) is 18.2. The maximum Gasteiger partial charge on any atom is 0.417 e. The molecule has 3 heterocycles. The molecule has 0 saturated carbocycles. The fraction of sp³-hybridized carbons (Fsp3) is 0.423. The quantitative estimate of drug-likeness (QED) is 0.361. The van der Waals surface area contributed by atoms with Gasteiger partial charge in [0.2, 0.25) is 0 Å². The van der Waals surface area contributed by atoms with Gasteiger partial charge in [-0.2, -0.15) is 31.4 Å². The van der Waals surface area contributed by atoms with Gasteiger partial charge in [0.15, 0.2) is 9.84 Å². The van der Waals surface area contributed by atoms with Gasteiger partial charge in [0, 0.05) is 43.7 Å². The van der Waals surface area contributed by atoms with E-state index in [1.54, 1.807) is 7.05 Å². The van der Waals surface area contributed by atoms with Crippen LogP contribution in [0.5, 0.6) is 0 Å². The molecule has 40 heavy (non-hydrogen) atoms. The van der Waals surface area contributed by atoms with Gasteiger partial charge in [-0.25, -0.2) is 13.4 Å². The number of amides is 1. The minimum Gasteiger partial charge on any atom is -0.337 e. The molecular formula is C26H26F6N4O3S. The van der Waals surface area contributed by atoms with Crippen molar-refractivity contribution in [2.45, 2.75) is 48.7 Å². The molecule has 216 valence electrons. The Hall–Kier alpha value is -3.42. The molecule has 1 saturated heterocycles. The van der Waals surface area contributed by atoms with E-state index < -0.39 is 54.8 Å². The second-order valence-corrected chi connectivity index (χ2v) is 12.8. The zero-order valence-corrected chi connectivity index (χ0v) is 22.5. The van der Waals surface area contributed by atoms with Gasteiger partial charge < -0.3 is 4.90 Å². The number of hydrogen-bond donors (Lipinski definition) is 0. The molecule has 1 aliphatic heterocycles. The number of piperidine rings is 1. The third kappa shape index (κ3) is 5.58. The van der Waals surface area contributed by atoms with Crippen molar-refractivity contribution in [2.24, 2.45) is 13.0 Å². The van der Waals surface area contributed by atoms with Crippen LogP contribution in [0, 0.1) is 5.92 Å². The first-order valence-corrected chi connectivity index (χ1v) is 13.7. The van der Waals surface area contributed by atoms with Crippen molar-refractivity contribution >= 4 is 15.7 Å². The summed E-state index contributed by atoms with van der Waals surface area (Å²) in [6, 6.07) is 4.43. The molecule has 0 atom stereocenters. The highest BCUT2D eigenvalue weighted by Gasteiger charge is 2.45. The van der Waals surface area contributed by atoms with E-state index in [4.69, 9.17) is 0 Å². The van der Waals surface area contributed by atoms with Gasteiger partial charge in [-0.1, -0.05) is 6.07 Å². The minimum absolute atomic E-state index is 0.0393. The molecule has 3 aromatic rings. The maximum absolute atomic E-state index is 13.4. The van der Waals surface area contributed by atoms with Gasteiger partial charge in [0.25, 0.3) is 5.91 Å². The third-order valence-corrected chi connectivity index (χ3v) is 9.96. The van der Waals surface area contributed by atoms with Crippen LogP contribution in [0.15, 0.2) is 53.8 Å². The number of carbonyl (C=O) groups excluding carboxylic acids is 1. The van der Waals surface area contributed by atoms with Crippen molar-refractivity contribution < 1.29 is 39.6 Å². The largest absolute Gasteiger partial charge is 0.417 e. The van der Waals surface area contributed by atoms with Crippen LogP contribution in [0.25, 0.3) is 11.1 Å². The second-order valence-electron chi connectivity index (χ2n) is 10.2. The molecule has 0 unspecified atom stereocenters. The maximum atomic E-state index is 13.4. The van der Waals surface area contributed by atoms with E-state index in [0.29, 0.717) is 12.3 Å². The smallest absolute Gasteiger partial charge is 0.337 e. The Bertz CT molecular complexity index is 1520. The molecule has 1 aromatic carbocycles. The Morgan fingerprint density at radius 1 is 0.950 bits per heavy atom. The monoisotopic (exact) mass is 588 g/mol. The molecule has 1 fully saturated rings. The molecule has 0 radical (unpaired) electrons. The van der Waals surface area contributed by atoms with E-state index in [9.17, 15) is 39.6 Å². The lowest BCUT2D eigenvalue weighted by molar-refractivity contribution is -0.138. The van der Waals surface area contributed by atoms with Gasteiger partial charge in [-0.05, 0) is 56.9 Å². The van der Waals surface area contributed by atoms with E-state index in [1.165, 1.54) is 35.8 Å². The van der Waals surface area contributed by atoms with E-state index in [2.05, 4.69) is 10.1 Å². The van der Waals surface area contributed by atoms with Crippen LogP contribution < -0.4 is 0 Å². The summed E-state index contributed by atoms with van der Waals surface area (Å²) in [6.07, 6.45) is -5.60. The summed E-state index contributed by atoms with van der Waals surface area (Å²) >= 11 is 0. The van der Waals surface area contributed by atoms with E-state index >= 15 is 0 Å². The Morgan fingerprint density at radius 2 is 1.57 bits per heavy atom. The highest BCUT2D eigenvalue weighted by atomic mass is 32.2. The average molecular weight is 589 g/mol. The van der Waals surface area contributed by atoms with Crippen molar-refractivity contribution in [1.29, 1.82) is 0 Å². The van der Waals surface area contributed by atoms with Crippen LogP contribution in [0.2, 0.25) is 0 Å². The molecule has 14 heteroatoms. The predicted octanol–water partition coefficient (Wildman–Crippen LogP) is 5.62. The van der Waals surface area contributed by atoms with Crippen LogP contribution in [0.4, 0.5) is 26.3 Å². The summed E-state index contributed by atoms with van der Waals surface area (Å²) in [6.45, 7) is 3.06. The number of likely N-dealkylation sites (tertiary alicyclic amines) is 1. The fourth-order valence-electron chi connectivity index (χ4n) is 4.86. The standard InChI is InChI=1S/C26H26F6N4O3S/c1-24(2,40(38,39)20-6-4-5-18(11-20)25(27,28)29)17-7-9-36(10-8-17)23(37)22-21(16-13-34-35(3)15-16)12-19(14-33-22)26(30,31)32/h4-6,11-15,17H,7-10H2,1-3H3. The highest BCUT2D eigenvalue weighted by molar-refractivity contribution is 7.92. The minimum atomic E-state index is -4.71. The molecular weight excluding hydrogens is 562 g/mol. The predicted molar refractivity (Wildman–Crippen MR) is 133 cm³/mol. The Morgan fingerprint density at radius 3 is 2.12 bits per heavy atom. The van der Waals surface area contributed by atoms with Crippen LogP contribution in [0.1, 0.15) is 48.3 Å². The number of sulfone groups is 1. The fourth-order valence-corrected chi connectivity index (χ4v) is 6.68. The molecule has 0 aliphatic carbocycles. The lowest BCUT2D eigenvalue weighted by Gasteiger charge is -2.40. The SMILES string of the molecule is Cn1cc(-c2cc(C(F)(F)F)cnc2C(=O)N2CCC(C(C)(C)S(=O)(=O)c3cccc(C(F)(F)F)c3)CC2)cn1. The molecule has 0 spiro atoms. The zero-order chi connectivity index (χ0) is 29.7. The average Bonchev–Trinajstić information content (AvgIpc) is 3.33. The number of carbonyl (C=O) groups is 1. The zero-order valence-electron chi connectivity index (χ0n) is 21.7. The Kier molecular flexibility index (Phi) is 7.54. The molecule has 1 amide bonds. The molecule has 2 aromatic heterocycles. The molecule has 1 aliphatic rings. The molecule has 0 N–H and O–H groups in total. The Balaban J connectivity index is 1.56. The van der Waals surface area contributed by atoms with Crippen LogP contribution >= 0.6 is 0 Å². The van der Waals surface area contributed by atoms with Gasteiger partial charge >= 0.3 is 12.4 Å². The number of aromatic nitrogens is 3. The van der Waals surface area contributed by atoms with Crippen molar-refractivity contribution in [1.82, 2.24) is 19.7 Å². The molecule has 7 nitrogen and oxygen atoms in total. The lowest BCUT2D eigenvalue weighted by Crippen LogP contribution is -2.47. The number of hydrogen-bond acceptors (Lipinski definition) is 5. The first-order chi connectivity index (χ1) is 18.4. The van der Waals surface area contributed by atoms with Gasteiger partial charge in [-0.15, -0.1) is 0 Å². The Labute approximate surface area is 226 Å². The summed E-state index contributed by atoms with van der Waals surface area (Å²) < 4.78 is 106. The number of aryl methyl sites for hydroxylation is 1. The van der Waals surface area contributed by atoms with Gasteiger partial charge in [0.05, 0.1) is 27.0 Å². The van der Waals surface area contributed by atoms with Crippen LogP contribution in [-0.2, 0) is 29.2 Å². The van der Waals surface area contributed by atoms with E-state index in [1.807, 2.05) is 0 Å². The third-order valence-electron chi connectivity index (χ3n) is 7.36. The number of rotatable bonds is 5. The van der Waals surface area contributed by atoms with Crippen molar-refractivity contribution in [3.63, 3.8) is 0 Å². The van der Waals surface area contributed by atoms with Crippen LogP contribution in [0.3, 0.4) is 0 Å². The number of nitrogens with zero attached hydrogens (tertiary/aromatic N) is 4. The first-order valence-electron chi connectivity index (χ1n) is 12.2. The number of pyridine rings is 1. The normalized spacial score (nSPS) is 15.9. The van der Waals surface area contributed by atoms with E-state index in [0.717, 1.165) is 24.3 Å². The summed E-state index contributed by atoms with van der Waals surface area (Å²) in [5.74, 6) is -1.13. The van der Waals surface area contributed by atoms with Crippen LogP contribution in [-0.4, -0.2) is 51.8 Å². The molecule has 4 rings (SSSR count). The highest BCUT2D eigenvalue weighted by Crippen LogP contribution is 2.40. The van der Waals surface area contributed by atoms with E-state index in [-0.39, 0.29) is 42.8 Å². The lowest BCUT2D eigenvalue weighted by atomic mass is 9.85. The summed E-state index contributed by atoms with van der Waals surface area (Å²) in [5, 5.41) is 3.96. The number of alkyl halides is 6. The van der Waals surface area contributed by atoms with Crippen molar-refractivity contribution in [3.8, 4) is 11.1 Å². The van der Waals surface area contributed by atoms with Gasteiger partial charge in [0.1, 0.15) is 5.69 Å². The summed E-state index contributed by atoms with van der Waals surface area (Å²) in [7, 11) is -2.63. The second kappa shape index (κ2) is 10.2. The number of halogens is 6. The summed E-state index contributed by atoms with van der Waals surface area (Å²) in [5.41, 5.74) is -2.06. The topological polar surface area (TPSA) is 85.2 Å². The van der Waals surface area contributed by atoms with Crippen molar-refractivity contribution in [3.05, 3.63) is 65.7 Å². The van der Waals surface area contributed by atoms with Crippen molar-refractivity contribution in [2.75, 3.05) is 13.1 Å². The number of benzene rings is 1. The van der Waals surface area contributed by atoms with Gasteiger partial charge in [-0.3, -0.25) is 9.48 Å².